The van der Waals surface area contributed by atoms with E-state index in [-0.39, 0.29) is 13.2 Å². The van der Waals surface area contributed by atoms with Gasteiger partial charge in [-0.2, -0.15) is 8.42 Å². The van der Waals surface area contributed by atoms with E-state index >= 15 is 0 Å². The van der Waals surface area contributed by atoms with Crippen LogP contribution in [0.4, 0.5) is 0 Å². The lowest BCUT2D eigenvalue weighted by atomic mass is 10.1. The van der Waals surface area contributed by atoms with Gasteiger partial charge in [-0.3, -0.25) is 4.18 Å². The maximum atomic E-state index is 12.5. The Kier molecular flexibility index (Phi) is 5.55. The van der Waals surface area contributed by atoms with Crippen molar-refractivity contribution in [3.05, 3.63) is 64.8 Å². The molecule has 0 spiro atoms. The molecule has 6 nitrogen and oxygen atoms in total. The summed E-state index contributed by atoms with van der Waals surface area (Å²) >= 11 is 5.97. The molecule has 0 N–H and O–H groups in total. The number of aromatic nitrogens is 1. The molecule has 0 aliphatic heterocycles. The number of hydrogen-bond donors (Lipinski definition) is 0. The minimum Gasteiger partial charge on any atom is -0.462 e. The summed E-state index contributed by atoms with van der Waals surface area (Å²) in [5.74, 6) is -0.430. The van der Waals surface area contributed by atoms with E-state index in [0.29, 0.717) is 21.8 Å². The van der Waals surface area contributed by atoms with Crippen molar-refractivity contribution in [3.63, 3.8) is 0 Å². The van der Waals surface area contributed by atoms with Crippen molar-refractivity contribution in [2.24, 2.45) is 0 Å². The van der Waals surface area contributed by atoms with Crippen LogP contribution in [0.2, 0.25) is 5.02 Å². The van der Waals surface area contributed by atoms with Crippen LogP contribution < -0.4 is 0 Å². The number of rotatable bonds is 6. The fraction of sp³-hybridized carbons (Fsp3) is 0.211. The molecule has 0 fully saturated rings. The summed E-state index contributed by atoms with van der Waals surface area (Å²) < 4.78 is 34.3. The smallest absolute Gasteiger partial charge is 0.340 e. The zero-order valence-corrected chi connectivity index (χ0v) is 16.4. The standard InChI is InChI=1S/C19H18ClNO5S/c1-3-25-19(22)17-11-16-10-13(12-26-27(2,23)24)8-9-21(16)18(17)14-4-6-15(20)7-5-14/h4-11H,3,12H2,1-2H3. The van der Waals surface area contributed by atoms with Crippen molar-refractivity contribution in [1.29, 1.82) is 0 Å². The highest BCUT2D eigenvalue weighted by atomic mass is 35.5. The predicted molar refractivity (Wildman–Crippen MR) is 103 cm³/mol. The lowest BCUT2D eigenvalue weighted by molar-refractivity contribution is 0.0527. The first kappa shape index (κ1) is 19.4. The molecule has 0 aliphatic rings. The molecule has 0 saturated carbocycles. The zero-order chi connectivity index (χ0) is 19.6. The summed E-state index contributed by atoms with van der Waals surface area (Å²) in [5.41, 5.74) is 3.29. The van der Waals surface area contributed by atoms with Gasteiger partial charge in [0.05, 0.1) is 30.7 Å². The van der Waals surface area contributed by atoms with Crippen LogP contribution in [-0.4, -0.2) is 31.7 Å². The molecule has 8 heteroatoms. The van der Waals surface area contributed by atoms with Crippen molar-refractivity contribution < 1.29 is 22.1 Å². The number of benzene rings is 1. The van der Waals surface area contributed by atoms with E-state index in [1.165, 1.54) is 0 Å². The molecule has 0 unspecified atom stereocenters. The van der Waals surface area contributed by atoms with Gasteiger partial charge in [-0.25, -0.2) is 4.79 Å². The van der Waals surface area contributed by atoms with Crippen LogP contribution in [0.25, 0.3) is 16.8 Å². The van der Waals surface area contributed by atoms with Crippen LogP contribution in [0.3, 0.4) is 0 Å². The first-order valence-corrected chi connectivity index (χ1v) is 10.4. The van der Waals surface area contributed by atoms with Crippen molar-refractivity contribution in [3.8, 4) is 11.3 Å². The Morgan fingerprint density at radius 2 is 1.85 bits per heavy atom. The minimum absolute atomic E-state index is 0.0778. The first-order chi connectivity index (χ1) is 12.8. The van der Waals surface area contributed by atoms with Gasteiger partial charge in [0.25, 0.3) is 10.1 Å². The molecule has 3 aromatic rings. The molecule has 27 heavy (non-hydrogen) atoms. The fourth-order valence-electron chi connectivity index (χ4n) is 2.76. The van der Waals surface area contributed by atoms with E-state index in [4.69, 9.17) is 20.5 Å². The summed E-state index contributed by atoms with van der Waals surface area (Å²) in [7, 11) is -3.54. The van der Waals surface area contributed by atoms with Gasteiger partial charge in [-0.05, 0) is 48.4 Å². The number of carbonyl (C=O) groups is 1. The van der Waals surface area contributed by atoms with Gasteiger partial charge >= 0.3 is 5.97 Å². The van der Waals surface area contributed by atoms with Crippen LogP contribution >= 0.6 is 11.6 Å². The number of halogens is 1. The topological polar surface area (TPSA) is 74.1 Å². The van der Waals surface area contributed by atoms with Crippen LogP contribution in [-0.2, 0) is 25.6 Å². The second-order valence-corrected chi connectivity index (χ2v) is 8.01. The quantitative estimate of drug-likeness (QED) is 0.457. The van der Waals surface area contributed by atoms with Crippen LogP contribution in [0, 0.1) is 0 Å². The molecular weight excluding hydrogens is 390 g/mol. The number of hydrogen-bond acceptors (Lipinski definition) is 5. The number of esters is 1. The van der Waals surface area contributed by atoms with E-state index in [1.54, 1.807) is 43.5 Å². The molecule has 0 radical (unpaired) electrons. The molecule has 2 aromatic heterocycles. The highest BCUT2D eigenvalue weighted by Crippen LogP contribution is 2.30. The molecule has 0 bridgehead atoms. The number of fused-ring (bicyclic) bond motifs is 1. The Bertz CT molecular complexity index is 1090. The normalized spacial score (nSPS) is 11.7. The van der Waals surface area contributed by atoms with Gasteiger partial charge in [0.2, 0.25) is 0 Å². The van der Waals surface area contributed by atoms with Crippen molar-refractivity contribution in [2.75, 3.05) is 12.9 Å². The molecule has 1 aromatic carbocycles. The van der Waals surface area contributed by atoms with E-state index in [0.717, 1.165) is 17.3 Å². The lowest BCUT2D eigenvalue weighted by Crippen LogP contribution is -2.05. The Morgan fingerprint density at radius 1 is 1.15 bits per heavy atom. The van der Waals surface area contributed by atoms with Crippen molar-refractivity contribution in [1.82, 2.24) is 4.40 Å². The highest BCUT2D eigenvalue weighted by Gasteiger charge is 2.19. The number of pyridine rings is 1. The largest absolute Gasteiger partial charge is 0.462 e. The monoisotopic (exact) mass is 407 g/mol. The predicted octanol–water partition coefficient (Wildman–Crippen LogP) is 3.91. The van der Waals surface area contributed by atoms with Gasteiger partial charge in [0.15, 0.2) is 0 Å². The molecule has 3 rings (SSSR count). The third-order valence-electron chi connectivity index (χ3n) is 3.89. The molecular formula is C19H18ClNO5S. The van der Waals surface area contributed by atoms with Crippen LogP contribution in [0.1, 0.15) is 22.8 Å². The summed E-state index contributed by atoms with van der Waals surface area (Å²) in [6.07, 6.45) is 2.77. The molecule has 142 valence electrons. The molecule has 0 atom stereocenters. The highest BCUT2D eigenvalue weighted by molar-refractivity contribution is 7.85. The Hall–Kier alpha value is -2.35. The second kappa shape index (κ2) is 7.72. The lowest BCUT2D eigenvalue weighted by Gasteiger charge is -2.08. The van der Waals surface area contributed by atoms with E-state index in [2.05, 4.69) is 0 Å². The molecule has 0 amide bonds. The van der Waals surface area contributed by atoms with Gasteiger partial charge in [-0.1, -0.05) is 23.7 Å². The van der Waals surface area contributed by atoms with Crippen molar-refractivity contribution >= 4 is 33.2 Å². The van der Waals surface area contributed by atoms with Gasteiger partial charge in [0.1, 0.15) is 0 Å². The summed E-state index contributed by atoms with van der Waals surface area (Å²) in [6, 6.07) is 12.4. The fourth-order valence-corrected chi connectivity index (χ4v) is 3.23. The molecule has 0 aliphatic carbocycles. The Labute approximate surface area is 162 Å². The zero-order valence-electron chi connectivity index (χ0n) is 14.8. The Morgan fingerprint density at radius 3 is 2.48 bits per heavy atom. The van der Waals surface area contributed by atoms with Gasteiger partial charge < -0.3 is 9.14 Å². The van der Waals surface area contributed by atoms with Gasteiger partial charge in [0, 0.05) is 16.7 Å². The van der Waals surface area contributed by atoms with E-state index in [1.807, 2.05) is 16.5 Å². The van der Waals surface area contributed by atoms with Crippen LogP contribution in [0.15, 0.2) is 48.7 Å². The van der Waals surface area contributed by atoms with E-state index in [9.17, 15) is 13.2 Å². The van der Waals surface area contributed by atoms with E-state index < -0.39 is 16.1 Å². The third kappa shape index (κ3) is 4.50. The SMILES string of the molecule is CCOC(=O)c1cc2cc(COS(C)(=O)=O)ccn2c1-c1ccc(Cl)cc1. The summed E-state index contributed by atoms with van der Waals surface area (Å²) in [6.45, 7) is 1.93. The summed E-state index contributed by atoms with van der Waals surface area (Å²) in [5, 5.41) is 0.595. The average molecular weight is 408 g/mol. The van der Waals surface area contributed by atoms with Crippen LogP contribution in [0.5, 0.6) is 0 Å². The third-order valence-corrected chi connectivity index (χ3v) is 4.69. The second-order valence-electron chi connectivity index (χ2n) is 5.93. The average Bonchev–Trinajstić information content (AvgIpc) is 2.99. The minimum atomic E-state index is -3.54. The number of nitrogens with zero attached hydrogens (tertiary/aromatic N) is 1. The Balaban J connectivity index is 2.11. The molecule has 2 heterocycles. The number of ether oxygens (including phenoxy) is 1. The molecule has 0 saturated heterocycles. The van der Waals surface area contributed by atoms with Gasteiger partial charge in [-0.15, -0.1) is 0 Å². The van der Waals surface area contributed by atoms with Crippen molar-refractivity contribution in [2.45, 2.75) is 13.5 Å². The summed E-state index contributed by atoms with van der Waals surface area (Å²) in [4.78, 5) is 12.5. The maximum absolute atomic E-state index is 12.5. The first-order valence-electron chi connectivity index (χ1n) is 8.20. The maximum Gasteiger partial charge on any atom is 0.340 e. The number of carbonyl (C=O) groups excluding carboxylic acids is 1.